The molecule has 1 fully saturated rings. The third-order valence-corrected chi connectivity index (χ3v) is 4.33. The van der Waals surface area contributed by atoms with Crippen LogP contribution in [0, 0.1) is 11.3 Å². The first-order valence-corrected chi connectivity index (χ1v) is 8.36. The lowest BCUT2D eigenvalue weighted by atomic mass is 9.93. The molecule has 0 bridgehead atoms. The van der Waals surface area contributed by atoms with E-state index in [4.69, 9.17) is 4.98 Å². The Kier molecular flexibility index (Phi) is 4.67. The highest BCUT2D eigenvalue weighted by molar-refractivity contribution is 7.11. The standard InChI is InChI=1S/C16H28N2S/c1-11(2)8-13-14(10-17-12-6-7-12)19-15(18-13)9-16(3,4)5/h11-12,17H,6-10H2,1-5H3. The number of rotatable bonds is 6. The zero-order valence-electron chi connectivity index (χ0n) is 13.0. The molecule has 1 aliphatic carbocycles. The highest BCUT2D eigenvalue weighted by Crippen LogP contribution is 2.28. The van der Waals surface area contributed by atoms with E-state index < -0.39 is 0 Å². The highest BCUT2D eigenvalue weighted by atomic mass is 32.1. The van der Waals surface area contributed by atoms with Gasteiger partial charge in [-0.15, -0.1) is 11.3 Å². The van der Waals surface area contributed by atoms with Crippen molar-refractivity contribution in [2.24, 2.45) is 11.3 Å². The van der Waals surface area contributed by atoms with Crippen LogP contribution in [0.15, 0.2) is 0 Å². The third kappa shape index (κ3) is 5.23. The molecular weight excluding hydrogens is 252 g/mol. The zero-order chi connectivity index (χ0) is 14.0. The van der Waals surface area contributed by atoms with Gasteiger partial charge in [0, 0.05) is 23.9 Å². The predicted octanol–water partition coefficient (Wildman–Crippen LogP) is 4.18. The van der Waals surface area contributed by atoms with Crippen molar-refractivity contribution in [3.8, 4) is 0 Å². The molecule has 2 rings (SSSR count). The lowest BCUT2D eigenvalue weighted by molar-refractivity contribution is 0.410. The van der Waals surface area contributed by atoms with Crippen LogP contribution in [0.1, 0.15) is 63.0 Å². The maximum absolute atomic E-state index is 4.91. The SMILES string of the molecule is CC(C)Cc1nc(CC(C)(C)C)sc1CNC1CC1. The smallest absolute Gasteiger partial charge is 0.0936 e. The van der Waals surface area contributed by atoms with Gasteiger partial charge in [-0.1, -0.05) is 34.6 Å². The van der Waals surface area contributed by atoms with Crippen molar-refractivity contribution in [3.05, 3.63) is 15.6 Å². The van der Waals surface area contributed by atoms with Gasteiger partial charge in [-0.25, -0.2) is 4.98 Å². The zero-order valence-corrected chi connectivity index (χ0v) is 13.9. The second-order valence-corrected chi connectivity index (χ2v) is 8.64. The molecular formula is C16H28N2S. The molecule has 3 heteroatoms. The molecule has 0 amide bonds. The van der Waals surface area contributed by atoms with Crippen molar-refractivity contribution < 1.29 is 0 Å². The van der Waals surface area contributed by atoms with Crippen LogP contribution in [0.3, 0.4) is 0 Å². The molecule has 1 aromatic rings. The van der Waals surface area contributed by atoms with Crippen LogP contribution in [0.5, 0.6) is 0 Å². The van der Waals surface area contributed by atoms with E-state index in [-0.39, 0.29) is 0 Å². The number of hydrogen-bond acceptors (Lipinski definition) is 3. The van der Waals surface area contributed by atoms with Gasteiger partial charge in [0.2, 0.25) is 0 Å². The molecule has 0 saturated heterocycles. The molecule has 0 aliphatic heterocycles. The van der Waals surface area contributed by atoms with Gasteiger partial charge in [0.25, 0.3) is 0 Å². The Balaban J connectivity index is 2.07. The molecule has 19 heavy (non-hydrogen) atoms. The summed E-state index contributed by atoms with van der Waals surface area (Å²) in [5.41, 5.74) is 1.67. The summed E-state index contributed by atoms with van der Waals surface area (Å²) in [6.45, 7) is 12.5. The normalized spacial score (nSPS) is 16.3. The van der Waals surface area contributed by atoms with Gasteiger partial charge >= 0.3 is 0 Å². The number of hydrogen-bond donors (Lipinski definition) is 1. The molecule has 108 valence electrons. The Morgan fingerprint density at radius 3 is 2.53 bits per heavy atom. The Labute approximate surface area is 122 Å². The van der Waals surface area contributed by atoms with E-state index in [0.29, 0.717) is 11.3 Å². The van der Waals surface area contributed by atoms with Gasteiger partial charge in [-0.2, -0.15) is 0 Å². The molecule has 0 spiro atoms. The van der Waals surface area contributed by atoms with Crippen molar-refractivity contribution in [1.29, 1.82) is 0 Å². The average molecular weight is 280 g/mol. The van der Waals surface area contributed by atoms with E-state index >= 15 is 0 Å². The Bertz CT molecular complexity index is 411. The third-order valence-electron chi connectivity index (χ3n) is 3.23. The van der Waals surface area contributed by atoms with E-state index in [1.54, 1.807) is 0 Å². The van der Waals surface area contributed by atoms with E-state index in [1.165, 1.54) is 28.4 Å². The number of thiazole rings is 1. The number of aromatic nitrogens is 1. The van der Waals surface area contributed by atoms with Crippen LogP contribution in [0.25, 0.3) is 0 Å². The Hall–Kier alpha value is -0.410. The first-order valence-electron chi connectivity index (χ1n) is 7.54. The molecule has 0 aromatic carbocycles. The number of nitrogens with zero attached hydrogens (tertiary/aromatic N) is 1. The Morgan fingerprint density at radius 1 is 1.32 bits per heavy atom. The maximum Gasteiger partial charge on any atom is 0.0936 e. The maximum atomic E-state index is 4.91. The van der Waals surface area contributed by atoms with Gasteiger partial charge in [0.15, 0.2) is 0 Å². The van der Waals surface area contributed by atoms with Gasteiger partial charge in [-0.3, -0.25) is 0 Å². The molecule has 1 heterocycles. The minimum absolute atomic E-state index is 0.328. The van der Waals surface area contributed by atoms with Crippen LogP contribution in [-0.2, 0) is 19.4 Å². The van der Waals surface area contributed by atoms with Crippen molar-refractivity contribution in [3.63, 3.8) is 0 Å². The summed E-state index contributed by atoms with van der Waals surface area (Å²) < 4.78 is 0. The summed E-state index contributed by atoms with van der Waals surface area (Å²) in [6, 6.07) is 0.778. The first kappa shape index (κ1) is 15.0. The van der Waals surface area contributed by atoms with Crippen molar-refractivity contribution in [1.82, 2.24) is 10.3 Å². The summed E-state index contributed by atoms with van der Waals surface area (Å²) >= 11 is 1.92. The topological polar surface area (TPSA) is 24.9 Å². The molecule has 0 atom stereocenters. The summed E-state index contributed by atoms with van der Waals surface area (Å²) in [7, 11) is 0. The average Bonchev–Trinajstić information content (AvgIpc) is 2.98. The fraction of sp³-hybridized carbons (Fsp3) is 0.812. The van der Waals surface area contributed by atoms with Crippen molar-refractivity contribution in [2.75, 3.05) is 0 Å². The minimum atomic E-state index is 0.328. The second kappa shape index (κ2) is 5.92. The molecule has 1 aliphatic rings. The molecule has 0 radical (unpaired) electrons. The lowest BCUT2D eigenvalue weighted by Gasteiger charge is -2.15. The van der Waals surface area contributed by atoms with E-state index in [0.717, 1.165) is 25.4 Å². The van der Waals surface area contributed by atoms with Gasteiger partial charge < -0.3 is 5.32 Å². The molecule has 1 saturated carbocycles. The Morgan fingerprint density at radius 2 is 2.00 bits per heavy atom. The van der Waals surface area contributed by atoms with Crippen LogP contribution in [0.2, 0.25) is 0 Å². The summed E-state index contributed by atoms with van der Waals surface area (Å²) in [5.74, 6) is 0.685. The largest absolute Gasteiger partial charge is 0.309 e. The second-order valence-electron chi connectivity index (χ2n) is 7.47. The van der Waals surface area contributed by atoms with E-state index in [9.17, 15) is 0 Å². The highest BCUT2D eigenvalue weighted by Gasteiger charge is 2.22. The van der Waals surface area contributed by atoms with E-state index in [2.05, 4.69) is 39.9 Å². The fourth-order valence-corrected chi connectivity index (χ4v) is 3.52. The molecule has 1 aromatic heterocycles. The van der Waals surface area contributed by atoms with Crippen LogP contribution < -0.4 is 5.32 Å². The van der Waals surface area contributed by atoms with E-state index in [1.807, 2.05) is 11.3 Å². The quantitative estimate of drug-likeness (QED) is 0.845. The lowest BCUT2D eigenvalue weighted by Crippen LogP contribution is -2.15. The summed E-state index contributed by atoms with van der Waals surface area (Å²) in [4.78, 5) is 6.38. The van der Waals surface area contributed by atoms with Crippen LogP contribution in [0.4, 0.5) is 0 Å². The predicted molar refractivity (Wildman–Crippen MR) is 83.7 cm³/mol. The number of nitrogens with one attached hydrogen (secondary N) is 1. The molecule has 0 unspecified atom stereocenters. The summed E-state index contributed by atoms with van der Waals surface area (Å²) in [5, 5.41) is 4.95. The van der Waals surface area contributed by atoms with Crippen molar-refractivity contribution in [2.45, 2.75) is 72.9 Å². The first-order chi connectivity index (χ1) is 8.83. The molecule has 1 N–H and O–H groups in total. The minimum Gasteiger partial charge on any atom is -0.309 e. The summed E-state index contributed by atoms with van der Waals surface area (Å²) in [6.07, 6.45) is 4.91. The van der Waals surface area contributed by atoms with Gasteiger partial charge in [0.1, 0.15) is 0 Å². The van der Waals surface area contributed by atoms with Crippen LogP contribution in [-0.4, -0.2) is 11.0 Å². The fourth-order valence-electron chi connectivity index (χ4n) is 2.17. The van der Waals surface area contributed by atoms with Gasteiger partial charge in [-0.05, 0) is 30.6 Å². The van der Waals surface area contributed by atoms with Crippen molar-refractivity contribution >= 4 is 11.3 Å². The monoisotopic (exact) mass is 280 g/mol. The molecule has 2 nitrogen and oxygen atoms in total. The van der Waals surface area contributed by atoms with Gasteiger partial charge in [0.05, 0.1) is 10.7 Å². The van der Waals surface area contributed by atoms with Crippen LogP contribution >= 0.6 is 11.3 Å².